The Kier molecular flexibility index (Phi) is 4.03. The number of nitrogens with zero attached hydrogens (tertiary/aromatic N) is 2. The second kappa shape index (κ2) is 5.74. The number of aromatic nitrogens is 1. The molecule has 3 rings (SSSR count). The Morgan fingerprint density at radius 1 is 1.35 bits per heavy atom. The molecule has 2 bridgehead atoms. The normalized spacial score (nSPS) is 27.1. The lowest BCUT2D eigenvalue weighted by molar-refractivity contribution is -0.137. The summed E-state index contributed by atoms with van der Waals surface area (Å²) in [5.41, 5.74) is -0.991. The standard InChI is InChI=1S/C14H14ClF3N2O3/c15-11-6-19-12(5-10(11)14(16,17)18)23-9-3-7-1-2-8(4-9)20(7)13(21)22/h5-9H,1-4H2,(H,21,22)/t7-,8+,9-. The second-order valence-corrected chi connectivity index (χ2v) is 6.19. The second-order valence-electron chi connectivity index (χ2n) is 5.79. The van der Waals surface area contributed by atoms with Crippen LogP contribution in [0.5, 0.6) is 5.88 Å². The lowest BCUT2D eigenvalue weighted by atomic mass is 10.0. The van der Waals surface area contributed by atoms with Crippen LogP contribution in [0.3, 0.4) is 0 Å². The number of carbonyl (C=O) groups is 1. The van der Waals surface area contributed by atoms with Gasteiger partial charge in [0.25, 0.3) is 0 Å². The Labute approximate surface area is 135 Å². The van der Waals surface area contributed by atoms with E-state index < -0.39 is 22.9 Å². The Hall–Kier alpha value is -1.70. The first-order valence-electron chi connectivity index (χ1n) is 7.16. The van der Waals surface area contributed by atoms with Crippen LogP contribution in [0.15, 0.2) is 12.3 Å². The molecule has 2 aliphatic rings. The van der Waals surface area contributed by atoms with Gasteiger partial charge in [0, 0.05) is 31.0 Å². The number of alkyl halides is 3. The Morgan fingerprint density at radius 2 is 1.96 bits per heavy atom. The van der Waals surface area contributed by atoms with E-state index in [2.05, 4.69) is 4.98 Å². The fourth-order valence-corrected chi connectivity index (χ4v) is 3.62. The third kappa shape index (κ3) is 3.17. The Morgan fingerprint density at radius 3 is 2.48 bits per heavy atom. The summed E-state index contributed by atoms with van der Waals surface area (Å²) in [5.74, 6) is -0.144. The molecule has 9 heteroatoms. The van der Waals surface area contributed by atoms with Crippen molar-refractivity contribution in [2.75, 3.05) is 0 Å². The van der Waals surface area contributed by atoms with E-state index in [9.17, 15) is 23.1 Å². The summed E-state index contributed by atoms with van der Waals surface area (Å²) in [6.07, 6.45) is -2.57. The number of piperidine rings is 1. The molecule has 1 amide bonds. The molecule has 0 aromatic carbocycles. The van der Waals surface area contributed by atoms with Crippen molar-refractivity contribution in [3.63, 3.8) is 0 Å². The molecule has 0 spiro atoms. The summed E-state index contributed by atoms with van der Waals surface area (Å²) in [6, 6.07) is 0.490. The van der Waals surface area contributed by atoms with Gasteiger partial charge in [-0.15, -0.1) is 0 Å². The highest BCUT2D eigenvalue weighted by molar-refractivity contribution is 6.31. The van der Waals surface area contributed by atoms with Crippen LogP contribution >= 0.6 is 11.6 Å². The van der Waals surface area contributed by atoms with E-state index >= 15 is 0 Å². The van der Waals surface area contributed by atoms with Gasteiger partial charge in [-0.1, -0.05) is 11.6 Å². The molecule has 3 heterocycles. The summed E-state index contributed by atoms with van der Waals surface area (Å²) in [7, 11) is 0. The number of rotatable bonds is 2. The van der Waals surface area contributed by atoms with Crippen LogP contribution < -0.4 is 4.74 Å². The lowest BCUT2D eigenvalue weighted by Crippen LogP contribution is -2.48. The summed E-state index contributed by atoms with van der Waals surface area (Å²) in [4.78, 5) is 16.4. The summed E-state index contributed by atoms with van der Waals surface area (Å²) in [6.45, 7) is 0. The van der Waals surface area contributed by atoms with Gasteiger partial charge in [0.2, 0.25) is 5.88 Å². The van der Waals surface area contributed by atoms with E-state index in [-0.39, 0.29) is 24.1 Å². The van der Waals surface area contributed by atoms with Gasteiger partial charge in [-0.3, -0.25) is 0 Å². The van der Waals surface area contributed by atoms with Gasteiger partial charge in [0.15, 0.2) is 0 Å². The molecular weight excluding hydrogens is 337 g/mol. The maximum Gasteiger partial charge on any atom is 0.418 e. The highest BCUT2D eigenvalue weighted by Gasteiger charge is 2.44. The van der Waals surface area contributed by atoms with Gasteiger partial charge in [-0.25, -0.2) is 9.78 Å². The van der Waals surface area contributed by atoms with Crippen molar-refractivity contribution < 1.29 is 27.8 Å². The zero-order valence-corrected chi connectivity index (χ0v) is 12.6. The molecule has 0 unspecified atom stereocenters. The molecule has 0 aliphatic carbocycles. The molecule has 1 aromatic rings. The van der Waals surface area contributed by atoms with Crippen molar-refractivity contribution >= 4 is 17.7 Å². The Balaban J connectivity index is 1.73. The van der Waals surface area contributed by atoms with Gasteiger partial charge in [-0.2, -0.15) is 13.2 Å². The molecule has 2 saturated heterocycles. The predicted octanol–water partition coefficient (Wildman–Crippen LogP) is 3.81. The zero-order valence-electron chi connectivity index (χ0n) is 11.9. The molecule has 3 atom stereocenters. The molecule has 5 nitrogen and oxygen atoms in total. The summed E-state index contributed by atoms with van der Waals surface area (Å²) < 4.78 is 44.1. The number of fused-ring (bicyclic) bond motifs is 2. The van der Waals surface area contributed by atoms with E-state index in [4.69, 9.17) is 16.3 Å². The van der Waals surface area contributed by atoms with Crippen LogP contribution in [0.4, 0.5) is 18.0 Å². The first-order chi connectivity index (χ1) is 10.8. The topological polar surface area (TPSA) is 62.7 Å². The monoisotopic (exact) mass is 350 g/mol. The van der Waals surface area contributed by atoms with Gasteiger partial charge in [-0.05, 0) is 12.8 Å². The number of ether oxygens (including phenoxy) is 1. The third-order valence-corrected chi connectivity index (χ3v) is 4.63. The minimum atomic E-state index is -4.58. The van der Waals surface area contributed by atoms with Crippen LogP contribution in [0, 0.1) is 0 Å². The highest BCUT2D eigenvalue weighted by atomic mass is 35.5. The number of hydrogen-bond donors (Lipinski definition) is 1. The number of halogens is 4. The first-order valence-corrected chi connectivity index (χ1v) is 7.54. The number of hydrogen-bond acceptors (Lipinski definition) is 3. The number of amides is 1. The molecule has 2 aliphatic heterocycles. The van der Waals surface area contributed by atoms with Crippen LogP contribution in [0.1, 0.15) is 31.2 Å². The van der Waals surface area contributed by atoms with Crippen molar-refractivity contribution in [2.24, 2.45) is 0 Å². The van der Waals surface area contributed by atoms with Gasteiger partial charge >= 0.3 is 12.3 Å². The van der Waals surface area contributed by atoms with Crippen molar-refractivity contribution in [3.05, 3.63) is 22.8 Å². The molecule has 1 N–H and O–H groups in total. The van der Waals surface area contributed by atoms with Gasteiger partial charge in [0.05, 0.1) is 16.8 Å². The van der Waals surface area contributed by atoms with Crippen LogP contribution in [0.25, 0.3) is 0 Å². The van der Waals surface area contributed by atoms with E-state index in [0.717, 1.165) is 25.1 Å². The predicted molar refractivity (Wildman–Crippen MR) is 74.6 cm³/mol. The van der Waals surface area contributed by atoms with E-state index in [0.29, 0.717) is 12.8 Å². The van der Waals surface area contributed by atoms with Crippen LogP contribution in [-0.2, 0) is 6.18 Å². The lowest BCUT2D eigenvalue weighted by Gasteiger charge is -2.36. The zero-order chi connectivity index (χ0) is 16.8. The van der Waals surface area contributed by atoms with E-state index in [1.807, 2.05) is 0 Å². The maximum atomic E-state index is 12.8. The number of carboxylic acid groups (broad SMARTS) is 1. The number of pyridine rings is 1. The van der Waals surface area contributed by atoms with Crippen molar-refractivity contribution in [2.45, 2.75) is 50.0 Å². The van der Waals surface area contributed by atoms with Crippen molar-refractivity contribution in [1.29, 1.82) is 0 Å². The highest BCUT2D eigenvalue weighted by Crippen LogP contribution is 2.39. The van der Waals surface area contributed by atoms with E-state index in [1.165, 1.54) is 4.90 Å². The molecular formula is C14H14ClF3N2O3. The third-order valence-electron chi connectivity index (χ3n) is 4.33. The van der Waals surface area contributed by atoms with Crippen LogP contribution in [0.2, 0.25) is 5.02 Å². The average Bonchev–Trinajstić information content (AvgIpc) is 2.72. The fraction of sp³-hybridized carbons (Fsp3) is 0.571. The molecule has 1 aromatic heterocycles. The largest absolute Gasteiger partial charge is 0.474 e. The summed E-state index contributed by atoms with van der Waals surface area (Å²) in [5, 5.41) is 8.70. The van der Waals surface area contributed by atoms with Gasteiger partial charge < -0.3 is 14.7 Å². The van der Waals surface area contributed by atoms with Crippen LogP contribution in [-0.4, -0.2) is 39.3 Å². The maximum absolute atomic E-state index is 12.8. The fourth-order valence-electron chi connectivity index (χ4n) is 3.41. The van der Waals surface area contributed by atoms with E-state index in [1.54, 1.807) is 0 Å². The first kappa shape index (κ1) is 16.2. The SMILES string of the molecule is O=C(O)N1[C@@H]2CC[C@H]1C[C@H](Oc1cc(C(F)(F)F)c(Cl)cn1)C2. The van der Waals surface area contributed by atoms with Crippen molar-refractivity contribution in [1.82, 2.24) is 9.88 Å². The summed E-state index contributed by atoms with van der Waals surface area (Å²) >= 11 is 5.52. The Bertz CT molecular complexity index is 612. The molecule has 0 saturated carbocycles. The minimum absolute atomic E-state index is 0.144. The smallest absolute Gasteiger partial charge is 0.418 e. The molecule has 2 fully saturated rings. The average molecular weight is 351 g/mol. The quantitative estimate of drug-likeness (QED) is 0.881. The molecule has 0 radical (unpaired) electrons. The molecule has 126 valence electrons. The van der Waals surface area contributed by atoms with Crippen molar-refractivity contribution in [3.8, 4) is 5.88 Å². The molecule has 23 heavy (non-hydrogen) atoms. The minimum Gasteiger partial charge on any atom is -0.474 e. The van der Waals surface area contributed by atoms with Gasteiger partial charge in [0.1, 0.15) is 6.10 Å².